The third-order valence-corrected chi connectivity index (χ3v) is 3.09. The van der Waals surface area contributed by atoms with Gasteiger partial charge >= 0.3 is 0 Å². The second kappa shape index (κ2) is 10.7. The number of aromatic amines is 1. The van der Waals surface area contributed by atoms with Crippen molar-refractivity contribution in [3.05, 3.63) is 18.2 Å². The van der Waals surface area contributed by atoms with Crippen molar-refractivity contribution in [2.75, 3.05) is 12.3 Å². The third-order valence-electron chi connectivity index (χ3n) is 2.17. The molecule has 0 amide bonds. The molecule has 0 saturated carbocycles. The number of aromatic nitrogens is 2. The number of imidazole rings is 1. The molecule has 95 valence electrons. The number of nitrogens with zero attached hydrogens (tertiary/aromatic N) is 2. The molecular weight excluding hydrogens is 271 g/mol. The van der Waals surface area contributed by atoms with E-state index in [-0.39, 0.29) is 18.6 Å². The minimum atomic E-state index is 0. The molecular formula is C11H20N4SV. The molecule has 0 bridgehead atoms. The van der Waals surface area contributed by atoms with Gasteiger partial charge in [-0.3, -0.25) is 4.99 Å². The first kappa shape index (κ1) is 16.6. The molecule has 1 radical (unpaired) electrons. The van der Waals surface area contributed by atoms with Crippen molar-refractivity contribution in [1.82, 2.24) is 9.97 Å². The number of unbranched alkanes of at least 4 members (excludes halogenated alkanes) is 1. The van der Waals surface area contributed by atoms with Gasteiger partial charge in [-0.05, 0) is 19.3 Å². The van der Waals surface area contributed by atoms with Crippen molar-refractivity contribution in [3.8, 4) is 0 Å². The maximum absolute atomic E-state index is 5.77. The van der Waals surface area contributed by atoms with Crippen LogP contribution in [0.5, 0.6) is 0 Å². The summed E-state index contributed by atoms with van der Waals surface area (Å²) in [5, 5.41) is 0.720. The zero-order valence-electron chi connectivity index (χ0n) is 10.2. The fourth-order valence-electron chi connectivity index (χ4n) is 1.25. The van der Waals surface area contributed by atoms with E-state index in [1.54, 1.807) is 18.1 Å². The van der Waals surface area contributed by atoms with Crippen LogP contribution in [0.3, 0.4) is 0 Å². The van der Waals surface area contributed by atoms with Crippen molar-refractivity contribution in [2.24, 2.45) is 10.7 Å². The summed E-state index contributed by atoms with van der Waals surface area (Å²) in [7, 11) is 0. The summed E-state index contributed by atoms with van der Waals surface area (Å²) in [4.78, 5) is 11.4. The standard InChI is InChI=1S/C11H20N4S.V/c1-2-3-7-16-11(12)14-6-4-5-10-8-13-9-15-10;/h8-9H,2-7H2,1H3,(H2,12,14)(H,13,15);. The van der Waals surface area contributed by atoms with E-state index in [9.17, 15) is 0 Å². The Balaban J connectivity index is 0.00000256. The van der Waals surface area contributed by atoms with Gasteiger partial charge in [0, 0.05) is 42.7 Å². The van der Waals surface area contributed by atoms with Crippen LogP contribution in [-0.4, -0.2) is 27.4 Å². The molecule has 0 aromatic carbocycles. The Morgan fingerprint density at radius 2 is 2.35 bits per heavy atom. The maximum atomic E-state index is 5.77. The molecule has 0 atom stereocenters. The van der Waals surface area contributed by atoms with Crippen LogP contribution in [0.25, 0.3) is 0 Å². The van der Waals surface area contributed by atoms with Crippen LogP contribution in [0.4, 0.5) is 0 Å². The van der Waals surface area contributed by atoms with Gasteiger partial charge in [0.2, 0.25) is 0 Å². The molecule has 0 aliphatic heterocycles. The van der Waals surface area contributed by atoms with E-state index < -0.39 is 0 Å². The molecule has 0 saturated heterocycles. The molecule has 6 heteroatoms. The van der Waals surface area contributed by atoms with Gasteiger partial charge in [-0.25, -0.2) is 4.98 Å². The average Bonchev–Trinajstić information content (AvgIpc) is 2.78. The van der Waals surface area contributed by atoms with Crippen LogP contribution in [0.2, 0.25) is 0 Å². The predicted octanol–water partition coefficient (Wildman–Crippen LogP) is 2.19. The molecule has 3 N–H and O–H groups in total. The number of nitrogens with two attached hydrogens (primary N) is 1. The van der Waals surface area contributed by atoms with Gasteiger partial charge in [-0.15, -0.1) is 0 Å². The monoisotopic (exact) mass is 291 g/mol. The molecule has 1 heterocycles. The number of hydrogen-bond acceptors (Lipinski definition) is 3. The number of hydrogen-bond donors (Lipinski definition) is 2. The van der Waals surface area contributed by atoms with E-state index >= 15 is 0 Å². The Morgan fingerprint density at radius 1 is 1.53 bits per heavy atom. The zero-order valence-corrected chi connectivity index (χ0v) is 12.4. The molecule has 0 spiro atoms. The summed E-state index contributed by atoms with van der Waals surface area (Å²) < 4.78 is 0. The largest absolute Gasteiger partial charge is 0.379 e. The Bertz CT molecular complexity index is 300. The van der Waals surface area contributed by atoms with E-state index in [2.05, 4.69) is 21.9 Å². The fourth-order valence-corrected chi connectivity index (χ4v) is 2.07. The maximum Gasteiger partial charge on any atom is 0.153 e. The van der Waals surface area contributed by atoms with E-state index in [0.717, 1.165) is 36.0 Å². The van der Waals surface area contributed by atoms with Gasteiger partial charge in [0.15, 0.2) is 5.17 Å². The van der Waals surface area contributed by atoms with E-state index in [4.69, 9.17) is 5.73 Å². The molecule has 1 aromatic rings. The number of amidine groups is 1. The van der Waals surface area contributed by atoms with E-state index in [1.165, 1.54) is 12.8 Å². The van der Waals surface area contributed by atoms with Gasteiger partial charge < -0.3 is 10.7 Å². The molecule has 17 heavy (non-hydrogen) atoms. The van der Waals surface area contributed by atoms with Crippen molar-refractivity contribution >= 4 is 16.9 Å². The molecule has 1 rings (SSSR count). The Morgan fingerprint density at radius 3 is 3.00 bits per heavy atom. The number of nitrogens with one attached hydrogen (secondary N) is 1. The number of thioether (sulfide) groups is 1. The molecule has 0 aliphatic rings. The molecule has 4 nitrogen and oxygen atoms in total. The van der Waals surface area contributed by atoms with Crippen LogP contribution in [0, 0.1) is 0 Å². The average molecular weight is 291 g/mol. The smallest absolute Gasteiger partial charge is 0.153 e. The minimum Gasteiger partial charge on any atom is -0.379 e. The second-order valence-corrected chi connectivity index (χ2v) is 4.72. The molecule has 0 aliphatic carbocycles. The predicted molar refractivity (Wildman–Crippen MR) is 70.8 cm³/mol. The van der Waals surface area contributed by atoms with Gasteiger partial charge in [0.05, 0.1) is 6.33 Å². The molecule has 1 aromatic heterocycles. The summed E-state index contributed by atoms with van der Waals surface area (Å²) in [6.07, 6.45) is 7.96. The minimum absolute atomic E-state index is 0. The number of aliphatic imine (C=N–C) groups is 1. The van der Waals surface area contributed by atoms with Crippen LogP contribution in [0.1, 0.15) is 31.9 Å². The summed E-state index contributed by atoms with van der Waals surface area (Å²) >= 11 is 1.66. The van der Waals surface area contributed by atoms with Gasteiger partial charge in [-0.2, -0.15) is 0 Å². The SMILES string of the molecule is CCCCSC(N)=NCCCc1cnc[nH]1.[V]. The number of H-pyrrole nitrogens is 1. The van der Waals surface area contributed by atoms with E-state index in [0.29, 0.717) is 0 Å². The van der Waals surface area contributed by atoms with Crippen LogP contribution < -0.4 is 5.73 Å². The Kier molecular flexibility index (Phi) is 10.5. The van der Waals surface area contributed by atoms with Crippen LogP contribution in [0.15, 0.2) is 17.5 Å². The quantitative estimate of drug-likeness (QED) is 0.460. The van der Waals surface area contributed by atoms with Crippen molar-refractivity contribution in [3.63, 3.8) is 0 Å². The molecule has 0 fully saturated rings. The normalized spacial score (nSPS) is 11.2. The number of aryl methyl sites for hydroxylation is 1. The fraction of sp³-hybridized carbons (Fsp3) is 0.636. The summed E-state index contributed by atoms with van der Waals surface area (Å²) in [6, 6.07) is 0. The van der Waals surface area contributed by atoms with Gasteiger partial charge in [-0.1, -0.05) is 25.1 Å². The van der Waals surface area contributed by atoms with Gasteiger partial charge in [0.1, 0.15) is 0 Å². The first-order chi connectivity index (χ1) is 7.83. The topological polar surface area (TPSA) is 67.1 Å². The Labute approximate surface area is 119 Å². The third kappa shape index (κ3) is 8.35. The Hall–Kier alpha value is -0.386. The zero-order chi connectivity index (χ0) is 11.6. The first-order valence-corrected chi connectivity index (χ1v) is 6.71. The van der Waals surface area contributed by atoms with Crippen molar-refractivity contribution in [1.29, 1.82) is 0 Å². The van der Waals surface area contributed by atoms with Gasteiger partial charge in [0.25, 0.3) is 0 Å². The second-order valence-electron chi connectivity index (χ2n) is 3.60. The molecule has 0 unspecified atom stereocenters. The number of rotatable bonds is 7. The van der Waals surface area contributed by atoms with Crippen LogP contribution in [-0.2, 0) is 25.0 Å². The summed E-state index contributed by atoms with van der Waals surface area (Å²) in [5.74, 6) is 1.08. The summed E-state index contributed by atoms with van der Waals surface area (Å²) in [5.41, 5.74) is 6.93. The van der Waals surface area contributed by atoms with Crippen LogP contribution >= 0.6 is 11.8 Å². The van der Waals surface area contributed by atoms with Crippen molar-refractivity contribution in [2.45, 2.75) is 32.6 Å². The summed E-state index contributed by atoms with van der Waals surface area (Å²) in [6.45, 7) is 2.97. The first-order valence-electron chi connectivity index (χ1n) is 5.73. The van der Waals surface area contributed by atoms with E-state index in [1.807, 2.05) is 6.20 Å². The van der Waals surface area contributed by atoms with Crippen molar-refractivity contribution < 1.29 is 18.6 Å².